The Morgan fingerprint density at radius 3 is 2.17 bits per heavy atom. The maximum absolute atomic E-state index is 12.6. The van der Waals surface area contributed by atoms with Crippen molar-refractivity contribution in [3.05, 3.63) is 29.3 Å². The number of nitrogens with one attached hydrogen (secondary N) is 1. The molecular formula is C18H28N2O3S. The third kappa shape index (κ3) is 4.72. The number of anilines is 1. The SMILES string of the molecule is Cc1cc(C)cc(N([C@@H](C)C(=O)NC2CCCCC2)S(C)(=O)=O)c1. The number of aryl methyl sites for hydroxylation is 2. The molecule has 0 saturated heterocycles. The number of carbonyl (C=O) groups excluding carboxylic acids is 1. The fraction of sp³-hybridized carbons (Fsp3) is 0.611. The number of hydrogen-bond acceptors (Lipinski definition) is 3. The zero-order valence-electron chi connectivity index (χ0n) is 15.0. The normalized spacial score (nSPS) is 17.3. The van der Waals surface area contributed by atoms with Gasteiger partial charge in [-0.15, -0.1) is 0 Å². The van der Waals surface area contributed by atoms with Gasteiger partial charge in [-0.05, 0) is 56.9 Å². The van der Waals surface area contributed by atoms with Gasteiger partial charge in [0.2, 0.25) is 15.9 Å². The maximum Gasteiger partial charge on any atom is 0.243 e. The van der Waals surface area contributed by atoms with Crippen molar-refractivity contribution < 1.29 is 13.2 Å². The number of hydrogen-bond donors (Lipinski definition) is 1. The van der Waals surface area contributed by atoms with Gasteiger partial charge >= 0.3 is 0 Å². The second kappa shape index (κ2) is 7.55. The van der Waals surface area contributed by atoms with E-state index in [1.54, 1.807) is 19.1 Å². The quantitative estimate of drug-likeness (QED) is 0.886. The summed E-state index contributed by atoms with van der Waals surface area (Å²) in [5.74, 6) is -0.230. The van der Waals surface area contributed by atoms with Crippen molar-refractivity contribution in [1.29, 1.82) is 0 Å². The average Bonchev–Trinajstić information content (AvgIpc) is 2.45. The summed E-state index contributed by atoms with van der Waals surface area (Å²) in [6.07, 6.45) is 6.54. The molecule has 1 aliphatic rings. The minimum atomic E-state index is -3.56. The summed E-state index contributed by atoms with van der Waals surface area (Å²) in [6, 6.07) is 4.98. The third-order valence-corrected chi connectivity index (χ3v) is 5.74. The van der Waals surface area contributed by atoms with E-state index in [1.165, 1.54) is 10.7 Å². The van der Waals surface area contributed by atoms with Gasteiger partial charge in [0, 0.05) is 6.04 Å². The number of sulfonamides is 1. The summed E-state index contributed by atoms with van der Waals surface area (Å²) in [5, 5.41) is 3.03. The predicted molar refractivity (Wildman–Crippen MR) is 97.7 cm³/mol. The lowest BCUT2D eigenvalue weighted by molar-refractivity contribution is -0.122. The molecule has 0 unspecified atom stereocenters. The summed E-state index contributed by atoms with van der Waals surface area (Å²) >= 11 is 0. The Balaban J connectivity index is 2.25. The van der Waals surface area contributed by atoms with Crippen LogP contribution >= 0.6 is 0 Å². The van der Waals surface area contributed by atoms with Crippen molar-refractivity contribution >= 4 is 21.6 Å². The van der Waals surface area contributed by atoms with E-state index in [2.05, 4.69) is 5.32 Å². The van der Waals surface area contributed by atoms with Crippen molar-refractivity contribution in [1.82, 2.24) is 5.32 Å². The fourth-order valence-electron chi connectivity index (χ4n) is 3.46. The van der Waals surface area contributed by atoms with Crippen molar-refractivity contribution in [2.75, 3.05) is 10.6 Å². The Hall–Kier alpha value is -1.56. The van der Waals surface area contributed by atoms with Crippen LogP contribution in [0.1, 0.15) is 50.2 Å². The van der Waals surface area contributed by atoms with Crippen LogP contribution in [0.4, 0.5) is 5.69 Å². The molecule has 0 aliphatic heterocycles. The zero-order valence-corrected chi connectivity index (χ0v) is 15.8. The highest BCUT2D eigenvalue weighted by Gasteiger charge is 2.30. The molecule has 1 atom stereocenters. The van der Waals surface area contributed by atoms with E-state index >= 15 is 0 Å². The van der Waals surface area contributed by atoms with E-state index in [0.29, 0.717) is 5.69 Å². The van der Waals surface area contributed by atoms with Crippen molar-refractivity contribution in [2.24, 2.45) is 0 Å². The summed E-state index contributed by atoms with van der Waals surface area (Å²) in [4.78, 5) is 12.6. The van der Waals surface area contributed by atoms with Gasteiger partial charge in [0.1, 0.15) is 6.04 Å². The van der Waals surface area contributed by atoms with E-state index in [9.17, 15) is 13.2 Å². The molecule has 0 spiro atoms. The molecule has 1 saturated carbocycles. The zero-order chi connectivity index (χ0) is 17.9. The second-order valence-corrected chi connectivity index (χ2v) is 8.78. The smallest absolute Gasteiger partial charge is 0.243 e. The van der Waals surface area contributed by atoms with E-state index in [1.807, 2.05) is 19.9 Å². The molecule has 1 aliphatic carbocycles. The molecule has 1 aromatic carbocycles. The molecule has 2 rings (SSSR count). The third-order valence-electron chi connectivity index (χ3n) is 4.50. The fourth-order valence-corrected chi connectivity index (χ4v) is 4.61. The molecular weight excluding hydrogens is 324 g/mol. The largest absolute Gasteiger partial charge is 0.352 e. The Morgan fingerprint density at radius 1 is 1.12 bits per heavy atom. The number of benzene rings is 1. The van der Waals surface area contributed by atoms with Crippen LogP contribution in [0.25, 0.3) is 0 Å². The first-order valence-corrected chi connectivity index (χ1v) is 10.4. The van der Waals surface area contributed by atoms with Crippen LogP contribution in [0.15, 0.2) is 18.2 Å². The molecule has 5 nitrogen and oxygen atoms in total. The van der Waals surface area contributed by atoms with E-state index in [0.717, 1.165) is 43.1 Å². The Morgan fingerprint density at radius 2 is 1.67 bits per heavy atom. The Labute approximate surface area is 145 Å². The summed E-state index contributed by atoms with van der Waals surface area (Å²) in [5.41, 5.74) is 2.48. The first kappa shape index (κ1) is 18.8. The lowest BCUT2D eigenvalue weighted by atomic mass is 9.95. The first-order chi connectivity index (χ1) is 11.2. The molecule has 1 fully saturated rings. The van der Waals surface area contributed by atoms with Crippen LogP contribution in [0.5, 0.6) is 0 Å². The monoisotopic (exact) mass is 352 g/mol. The number of nitrogens with zero attached hydrogens (tertiary/aromatic N) is 1. The van der Waals surface area contributed by atoms with Crippen LogP contribution in [-0.4, -0.2) is 32.7 Å². The van der Waals surface area contributed by atoms with Gasteiger partial charge in [0.15, 0.2) is 0 Å². The molecule has 0 heterocycles. The van der Waals surface area contributed by atoms with E-state index < -0.39 is 16.1 Å². The standard InChI is InChI=1S/C18H28N2O3S/c1-13-10-14(2)12-17(11-13)20(24(4,22)23)15(3)18(21)19-16-8-6-5-7-9-16/h10-12,15-16H,5-9H2,1-4H3,(H,19,21)/t15-/m0/s1. The van der Waals surface area contributed by atoms with E-state index in [4.69, 9.17) is 0 Å². The second-order valence-electron chi connectivity index (χ2n) is 6.92. The minimum Gasteiger partial charge on any atom is -0.352 e. The van der Waals surface area contributed by atoms with Gasteiger partial charge in [0.25, 0.3) is 0 Å². The van der Waals surface area contributed by atoms with Gasteiger partial charge in [-0.2, -0.15) is 0 Å². The van der Waals surface area contributed by atoms with Crippen LogP contribution < -0.4 is 9.62 Å². The van der Waals surface area contributed by atoms with Crippen LogP contribution in [0, 0.1) is 13.8 Å². The lowest BCUT2D eigenvalue weighted by Crippen LogP contribution is -2.50. The molecule has 1 aromatic rings. The maximum atomic E-state index is 12.6. The molecule has 1 amide bonds. The topological polar surface area (TPSA) is 66.5 Å². The summed E-state index contributed by atoms with van der Waals surface area (Å²) < 4.78 is 25.9. The Kier molecular flexibility index (Phi) is 5.91. The number of carbonyl (C=O) groups is 1. The molecule has 134 valence electrons. The predicted octanol–water partition coefficient (Wildman–Crippen LogP) is 2.91. The van der Waals surface area contributed by atoms with E-state index in [-0.39, 0.29) is 11.9 Å². The number of rotatable bonds is 5. The first-order valence-electron chi connectivity index (χ1n) is 8.56. The molecule has 0 aromatic heterocycles. The van der Waals surface area contributed by atoms with Gasteiger partial charge in [-0.25, -0.2) is 8.42 Å². The molecule has 0 radical (unpaired) electrons. The molecule has 24 heavy (non-hydrogen) atoms. The lowest BCUT2D eigenvalue weighted by Gasteiger charge is -2.31. The summed E-state index contributed by atoms with van der Waals surface area (Å²) in [7, 11) is -3.56. The molecule has 1 N–H and O–H groups in total. The molecule has 0 bridgehead atoms. The van der Waals surface area contributed by atoms with Gasteiger partial charge in [0.05, 0.1) is 11.9 Å². The van der Waals surface area contributed by atoms with Crippen LogP contribution in [0.2, 0.25) is 0 Å². The van der Waals surface area contributed by atoms with Crippen molar-refractivity contribution in [3.63, 3.8) is 0 Å². The molecule has 6 heteroatoms. The summed E-state index contributed by atoms with van der Waals surface area (Å²) in [6.45, 7) is 5.49. The highest BCUT2D eigenvalue weighted by molar-refractivity contribution is 7.92. The number of amides is 1. The highest BCUT2D eigenvalue weighted by Crippen LogP contribution is 2.24. The highest BCUT2D eigenvalue weighted by atomic mass is 32.2. The van der Waals surface area contributed by atoms with Crippen molar-refractivity contribution in [3.8, 4) is 0 Å². The van der Waals surface area contributed by atoms with Gasteiger partial charge in [-0.1, -0.05) is 25.3 Å². The average molecular weight is 353 g/mol. The van der Waals surface area contributed by atoms with Gasteiger partial charge < -0.3 is 5.32 Å². The van der Waals surface area contributed by atoms with Crippen molar-refractivity contribution in [2.45, 2.75) is 65.0 Å². The van der Waals surface area contributed by atoms with Crippen LogP contribution in [0.3, 0.4) is 0 Å². The van der Waals surface area contributed by atoms with Gasteiger partial charge in [-0.3, -0.25) is 9.10 Å². The Bertz CT molecular complexity index is 674. The minimum absolute atomic E-state index is 0.161. The van der Waals surface area contributed by atoms with Crippen LogP contribution in [-0.2, 0) is 14.8 Å².